The number of phenols is 1. The van der Waals surface area contributed by atoms with E-state index >= 15 is 0 Å². The van der Waals surface area contributed by atoms with Gasteiger partial charge >= 0.3 is 0 Å². The highest BCUT2D eigenvalue weighted by atomic mass is 35.5. The van der Waals surface area contributed by atoms with Crippen molar-refractivity contribution in [3.05, 3.63) is 23.3 Å². The lowest BCUT2D eigenvalue weighted by atomic mass is 9.52. The third kappa shape index (κ3) is 1.38. The summed E-state index contributed by atoms with van der Waals surface area (Å²) in [5.41, 5.74) is 0.395. The lowest BCUT2D eigenvalue weighted by Crippen LogP contribution is -2.65. The first-order valence-electron chi connectivity index (χ1n) is 8.69. The minimum absolute atomic E-state index is 0. The number of carbonyl (C=O) groups excluding carboxylic acids is 1. The van der Waals surface area contributed by atoms with Crippen molar-refractivity contribution in [1.82, 2.24) is 5.32 Å². The molecule has 112 valence electrons. The molecule has 2 fully saturated rings. The molecule has 2 heterocycles. The summed E-state index contributed by atoms with van der Waals surface area (Å²) in [6, 6.07) is 3.31. The molecule has 2 aliphatic carbocycles. The van der Waals surface area contributed by atoms with Crippen LogP contribution in [0.3, 0.4) is 0 Å². The minimum atomic E-state index is -1.96. The summed E-state index contributed by atoms with van der Waals surface area (Å²) in [5.74, 6) is -0.0173. The maximum atomic E-state index is 12.6. The Morgan fingerprint density at radius 3 is 3.19 bits per heavy atom. The van der Waals surface area contributed by atoms with Crippen LogP contribution in [0.4, 0.5) is 0 Å². The number of carbonyl (C=O) groups is 1. The zero-order chi connectivity index (χ0) is 16.1. The third-order valence-electron chi connectivity index (χ3n) is 5.40. The second-order valence-electron chi connectivity index (χ2n) is 6.19. The molecule has 4 aliphatic rings. The van der Waals surface area contributed by atoms with E-state index in [9.17, 15) is 9.90 Å². The summed E-state index contributed by atoms with van der Waals surface area (Å²) in [4.78, 5) is 12.6. The lowest BCUT2D eigenvalue weighted by Gasteiger charge is -2.54. The van der Waals surface area contributed by atoms with Gasteiger partial charge < -0.3 is 15.2 Å². The number of phenolic OH excluding ortho intramolecular Hbond substituents is 1. The van der Waals surface area contributed by atoms with Crippen LogP contribution in [-0.4, -0.2) is 29.6 Å². The number of hydrogen-bond donors (Lipinski definition) is 2. The zero-order valence-electron chi connectivity index (χ0n) is 14.3. The Morgan fingerprint density at radius 1 is 1.48 bits per heavy atom. The van der Waals surface area contributed by atoms with Gasteiger partial charge in [0.15, 0.2) is 23.4 Å². The van der Waals surface area contributed by atoms with Crippen molar-refractivity contribution in [1.29, 1.82) is 0 Å². The summed E-state index contributed by atoms with van der Waals surface area (Å²) in [7, 11) is 0. The molecule has 0 radical (unpaired) electrons. The standard InChI is InChI=1S/C16H17NO3.ClH/c18-11-3-1-8-7-10-9-2-4-12(19)15-16(9,5-6-17-10)13(8)14(11)20-15;/h1,3,9-10,15,17-18H,2,4-7H2;1H/t9?,10-,15+,16?;/m1./s1/i5D2,6D;/t6?,9?,10-,15+,16?;. The quantitative estimate of drug-likeness (QED) is 0.766. The fourth-order valence-corrected chi connectivity index (χ4v) is 4.65. The second kappa shape index (κ2) is 4.14. The molecule has 1 aromatic rings. The first kappa shape index (κ1) is 10.5. The molecule has 3 unspecified atom stereocenters. The van der Waals surface area contributed by atoms with E-state index in [1.807, 2.05) is 0 Å². The number of ketones is 1. The van der Waals surface area contributed by atoms with Gasteiger partial charge in [0, 0.05) is 27.6 Å². The van der Waals surface area contributed by atoms with Gasteiger partial charge in [0.05, 0.1) is 0 Å². The summed E-state index contributed by atoms with van der Waals surface area (Å²) in [5, 5.41) is 13.3. The van der Waals surface area contributed by atoms with Crippen LogP contribution >= 0.6 is 12.4 Å². The Balaban J connectivity index is 0.00000146. The zero-order valence-corrected chi connectivity index (χ0v) is 12.1. The van der Waals surface area contributed by atoms with Crippen LogP contribution in [0.25, 0.3) is 0 Å². The van der Waals surface area contributed by atoms with E-state index in [0.717, 1.165) is 5.56 Å². The number of benzene rings is 1. The number of Topliss-reactive ketones (excluding diaryl/α,β-unsaturated/α-hetero) is 1. The first-order valence-corrected chi connectivity index (χ1v) is 7.12. The molecule has 0 amide bonds. The fourth-order valence-electron chi connectivity index (χ4n) is 4.65. The fraction of sp³-hybridized carbons (Fsp3) is 0.562. The molecule has 2 aliphatic heterocycles. The topological polar surface area (TPSA) is 58.6 Å². The van der Waals surface area contributed by atoms with Gasteiger partial charge in [0.25, 0.3) is 0 Å². The molecule has 5 heteroatoms. The molecular weight excluding hydrogens is 290 g/mol. The molecule has 5 atom stereocenters. The van der Waals surface area contributed by atoms with Crippen LogP contribution in [0, 0.1) is 5.92 Å². The lowest BCUT2D eigenvalue weighted by molar-refractivity contribution is -0.135. The molecule has 5 rings (SSSR count). The average Bonchev–Trinajstić information content (AvgIpc) is 2.88. The average molecular weight is 311 g/mol. The molecule has 21 heavy (non-hydrogen) atoms. The number of ether oxygens (including phenoxy) is 1. The van der Waals surface area contributed by atoms with Crippen molar-refractivity contribution in [3.8, 4) is 11.5 Å². The smallest absolute Gasteiger partial charge is 0.174 e. The highest BCUT2D eigenvalue weighted by Gasteiger charge is 2.64. The third-order valence-corrected chi connectivity index (χ3v) is 5.40. The predicted octanol–water partition coefficient (Wildman–Crippen LogP) is 1.71. The Labute approximate surface area is 133 Å². The van der Waals surface area contributed by atoms with E-state index < -0.39 is 24.4 Å². The summed E-state index contributed by atoms with van der Waals surface area (Å²) >= 11 is 0. The second-order valence-corrected chi connectivity index (χ2v) is 6.19. The molecule has 2 bridgehead atoms. The van der Waals surface area contributed by atoms with Crippen LogP contribution in [0.5, 0.6) is 11.5 Å². The highest BCUT2D eigenvalue weighted by Crippen LogP contribution is 2.61. The maximum Gasteiger partial charge on any atom is 0.174 e. The number of nitrogens with one attached hydrogen (secondary N) is 1. The van der Waals surface area contributed by atoms with Gasteiger partial charge in [-0.1, -0.05) is 6.07 Å². The van der Waals surface area contributed by atoms with Crippen molar-refractivity contribution in [2.45, 2.75) is 43.2 Å². The number of aromatic hydroxyl groups is 1. The van der Waals surface area contributed by atoms with Crippen LogP contribution in [0.2, 0.25) is 0 Å². The van der Waals surface area contributed by atoms with Gasteiger partial charge in [-0.15, -0.1) is 12.4 Å². The number of halogens is 1. The van der Waals surface area contributed by atoms with E-state index in [0.29, 0.717) is 24.8 Å². The van der Waals surface area contributed by atoms with E-state index in [2.05, 4.69) is 5.32 Å². The van der Waals surface area contributed by atoms with E-state index in [1.54, 1.807) is 12.1 Å². The Morgan fingerprint density at radius 2 is 2.33 bits per heavy atom. The monoisotopic (exact) mass is 310 g/mol. The van der Waals surface area contributed by atoms with Gasteiger partial charge in [-0.25, -0.2) is 0 Å². The minimum Gasteiger partial charge on any atom is -0.504 e. The van der Waals surface area contributed by atoms with Crippen molar-refractivity contribution < 1.29 is 18.8 Å². The van der Waals surface area contributed by atoms with Crippen LogP contribution < -0.4 is 10.1 Å². The molecule has 1 aromatic carbocycles. The van der Waals surface area contributed by atoms with Crippen LogP contribution in [-0.2, 0) is 16.6 Å². The largest absolute Gasteiger partial charge is 0.504 e. The van der Waals surface area contributed by atoms with Gasteiger partial charge in [-0.05, 0) is 43.3 Å². The molecule has 1 saturated heterocycles. The number of rotatable bonds is 0. The van der Waals surface area contributed by atoms with E-state index in [-0.39, 0.29) is 41.6 Å². The van der Waals surface area contributed by atoms with Crippen LogP contribution in [0.15, 0.2) is 12.1 Å². The van der Waals surface area contributed by atoms with Gasteiger partial charge in [-0.2, -0.15) is 0 Å². The molecule has 2 N–H and O–H groups in total. The summed E-state index contributed by atoms with van der Waals surface area (Å²) < 4.78 is 31.5. The highest BCUT2D eigenvalue weighted by molar-refractivity contribution is 5.89. The van der Waals surface area contributed by atoms with Crippen LogP contribution in [0.1, 0.15) is 34.5 Å². The maximum absolute atomic E-state index is 12.6. The van der Waals surface area contributed by atoms with E-state index in [4.69, 9.17) is 8.85 Å². The van der Waals surface area contributed by atoms with Gasteiger partial charge in [0.2, 0.25) is 0 Å². The SMILES string of the molecule is Cl.[2H]C1N[C@@H]2Cc3ccc(O)c4c3C3(C2CCC(=O)[C@@H]3O4)C1([2H])[2H]. The molecule has 1 saturated carbocycles. The Kier molecular flexibility index (Phi) is 2.06. The van der Waals surface area contributed by atoms with Crippen molar-refractivity contribution >= 4 is 18.2 Å². The molecule has 1 spiro atoms. The summed E-state index contributed by atoms with van der Waals surface area (Å²) in [6.07, 6.45) is -1.26. The summed E-state index contributed by atoms with van der Waals surface area (Å²) in [6.45, 7) is -1.12. The van der Waals surface area contributed by atoms with Gasteiger partial charge in [0.1, 0.15) is 0 Å². The molecular formula is C16H18ClNO3. The molecule has 0 aromatic heterocycles. The molecule has 4 nitrogen and oxygen atoms in total. The van der Waals surface area contributed by atoms with Crippen molar-refractivity contribution in [3.63, 3.8) is 0 Å². The number of hydrogen-bond acceptors (Lipinski definition) is 4. The Bertz CT molecular complexity index is 758. The van der Waals surface area contributed by atoms with Gasteiger partial charge in [-0.3, -0.25) is 4.79 Å². The first-order chi connectivity index (χ1) is 10.9. The van der Waals surface area contributed by atoms with E-state index in [1.165, 1.54) is 0 Å². The number of piperidine rings is 1. The normalized spacial score (nSPS) is 46.3. The predicted molar refractivity (Wildman–Crippen MR) is 79.3 cm³/mol. The Hall–Kier alpha value is -1.26. The van der Waals surface area contributed by atoms with Crippen molar-refractivity contribution in [2.24, 2.45) is 5.92 Å². The van der Waals surface area contributed by atoms with Crippen molar-refractivity contribution in [2.75, 3.05) is 6.52 Å².